The second-order valence-corrected chi connectivity index (χ2v) is 5.25. The first kappa shape index (κ1) is 12.7. The third-order valence-electron chi connectivity index (χ3n) is 3.93. The molecule has 98 valence electrons. The van der Waals surface area contributed by atoms with Gasteiger partial charge in [0, 0.05) is 25.6 Å². The fourth-order valence-corrected chi connectivity index (χ4v) is 2.73. The summed E-state index contributed by atoms with van der Waals surface area (Å²) in [5, 5.41) is 3.16. The van der Waals surface area contributed by atoms with Crippen LogP contribution in [0.25, 0.3) is 0 Å². The van der Waals surface area contributed by atoms with Crippen LogP contribution in [0.1, 0.15) is 26.2 Å². The average Bonchev–Trinajstić information content (AvgIpc) is 2.80. The molecule has 3 nitrogen and oxygen atoms in total. The number of likely N-dealkylation sites (tertiary alicyclic amines) is 1. The SMILES string of the molecule is CC(F)(F)C1CCN(C(=O)[C@H]2CCNC2)CC1. The van der Waals surface area contributed by atoms with E-state index < -0.39 is 11.8 Å². The topological polar surface area (TPSA) is 32.3 Å². The Balaban J connectivity index is 1.84. The van der Waals surface area contributed by atoms with Crippen LogP contribution in [0.4, 0.5) is 8.78 Å². The van der Waals surface area contributed by atoms with Crippen LogP contribution in [0, 0.1) is 11.8 Å². The van der Waals surface area contributed by atoms with E-state index in [0.717, 1.165) is 26.4 Å². The predicted molar refractivity (Wildman–Crippen MR) is 60.9 cm³/mol. The molecule has 1 N–H and O–H groups in total. The molecule has 2 saturated heterocycles. The van der Waals surface area contributed by atoms with E-state index in [9.17, 15) is 13.6 Å². The van der Waals surface area contributed by atoms with Crippen LogP contribution >= 0.6 is 0 Å². The molecule has 0 aromatic rings. The van der Waals surface area contributed by atoms with Gasteiger partial charge in [0.25, 0.3) is 0 Å². The Morgan fingerprint density at radius 1 is 1.29 bits per heavy atom. The molecule has 0 aromatic carbocycles. The van der Waals surface area contributed by atoms with Crippen LogP contribution in [0.5, 0.6) is 0 Å². The van der Waals surface area contributed by atoms with Crippen molar-refractivity contribution in [3.05, 3.63) is 0 Å². The molecule has 1 amide bonds. The number of nitrogens with zero attached hydrogens (tertiary/aromatic N) is 1. The Morgan fingerprint density at radius 2 is 1.94 bits per heavy atom. The van der Waals surface area contributed by atoms with Crippen LogP contribution in [0.3, 0.4) is 0 Å². The zero-order valence-electron chi connectivity index (χ0n) is 10.2. The largest absolute Gasteiger partial charge is 0.342 e. The smallest absolute Gasteiger partial charge is 0.248 e. The van der Waals surface area contributed by atoms with Crippen molar-refractivity contribution in [2.75, 3.05) is 26.2 Å². The van der Waals surface area contributed by atoms with Crippen LogP contribution in [0.15, 0.2) is 0 Å². The molecule has 2 aliphatic heterocycles. The van der Waals surface area contributed by atoms with Gasteiger partial charge in [-0.05, 0) is 32.7 Å². The second-order valence-electron chi connectivity index (χ2n) is 5.25. The quantitative estimate of drug-likeness (QED) is 0.800. The van der Waals surface area contributed by atoms with Crippen molar-refractivity contribution in [1.82, 2.24) is 10.2 Å². The summed E-state index contributed by atoms with van der Waals surface area (Å²) >= 11 is 0. The Bertz CT molecular complexity index is 277. The van der Waals surface area contributed by atoms with Gasteiger partial charge in [-0.25, -0.2) is 8.78 Å². The van der Waals surface area contributed by atoms with E-state index in [2.05, 4.69) is 5.32 Å². The summed E-state index contributed by atoms with van der Waals surface area (Å²) in [4.78, 5) is 13.8. The molecule has 2 rings (SSSR count). The lowest BCUT2D eigenvalue weighted by atomic mass is 9.90. The lowest BCUT2D eigenvalue weighted by Gasteiger charge is -2.35. The Hall–Kier alpha value is -0.710. The first-order valence-corrected chi connectivity index (χ1v) is 6.36. The molecular formula is C12H20F2N2O. The first-order chi connectivity index (χ1) is 7.98. The maximum Gasteiger partial charge on any atom is 0.248 e. The number of hydrogen-bond acceptors (Lipinski definition) is 2. The number of rotatable bonds is 2. The average molecular weight is 246 g/mol. The van der Waals surface area contributed by atoms with E-state index in [-0.39, 0.29) is 11.8 Å². The monoisotopic (exact) mass is 246 g/mol. The van der Waals surface area contributed by atoms with Crippen molar-refractivity contribution in [2.45, 2.75) is 32.1 Å². The number of carbonyl (C=O) groups is 1. The fraction of sp³-hybridized carbons (Fsp3) is 0.917. The van der Waals surface area contributed by atoms with Gasteiger partial charge in [-0.1, -0.05) is 0 Å². The zero-order chi connectivity index (χ0) is 12.5. The van der Waals surface area contributed by atoms with E-state index in [4.69, 9.17) is 0 Å². The number of piperidine rings is 1. The van der Waals surface area contributed by atoms with Crippen molar-refractivity contribution in [3.63, 3.8) is 0 Å². The van der Waals surface area contributed by atoms with Crippen molar-refractivity contribution in [1.29, 1.82) is 0 Å². The van der Waals surface area contributed by atoms with E-state index in [1.165, 1.54) is 0 Å². The molecule has 5 heteroatoms. The van der Waals surface area contributed by atoms with Crippen LogP contribution in [-0.4, -0.2) is 42.9 Å². The van der Waals surface area contributed by atoms with Gasteiger partial charge in [0.15, 0.2) is 0 Å². The Kier molecular flexibility index (Phi) is 3.66. The van der Waals surface area contributed by atoms with Gasteiger partial charge in [0.2, 0.25) is 11.8 Å². The summed E-state index contributed by atoms with van der Waals surface area (Å²) in [5.41, 5.74) is 0. The van der Waals surface area contributed by atoms with E-state index >= 15 is 0 Å². The van der Waals surface area contributed by atoms with Gasteiger partial charge in [-0.15, -0.1) is 0 Å². The number of alkyl halides is 2. The molecule has 0 radical (unpaired) electrons. The van der Waals surface area contributed by atoms with Crippen LogP contribution < -0.4 is 5.32 Å². The molecule has 1 atom stereocenters. The minimum Gasteiger partial charge on any atom is -0.342 e. The summed E-state index contributed by atoms with van der Waals surface area (Å²) in [6, 6.07) is 0. The van der Waals surface area contributed by atoms with Gasteiger partial charge in [-0.3, -0.25) is 4.79 Å². The Morgan fingerprint density at radius 3 is 2.41 bits per heavy atom. The number of hydrogen-bond donors (Lipinski definition) is 1. The predicted octanol–water partition coefficient (Wildman–Crippen LogP) is 1.49. The highest BCUT2D eigenvalue weighted by molar-refractivity contribution is 5.79. The standard InChI is InChI=1S/C12H20F2N2O/c1-12(13,14)10-3-6-16(7-4-10)11(17)9-2-5-15-8-9/h9-10,15H,2-8H2,1H3/t9-/m0/s1. The molecule has 2 aliphatic rings. The molecule has 0 bridgehead atoms. The first-order valence-electron chi connectivity index (χ1n) is 6.36. The van der Waals surface area contributed by atoms with Gasteiger partial charge in [-0.2, -0.15) is 0 Å². The van der Waals surface area contributed by atoms with Crippen LogP contribution in [0.2, 0.25) is 0 Å². The van der Waals surface area contributed by atoms with Crippen molar-refractivity contribution < 1.29 is 13.6 Å². The molecule has 0 spiro atoms. The van der Waals surface area contributed by atoms with Crippen LogP contribution in [-0.2, 0) is 4.79 Å². The summed E-state index contributed by atoms with van der Waals surface area (Å²) in [6.07, 6.45) is 1.73. The van der Waals surface area contributed by atoms with Gasteiger partial charge in [0.05, 0.1) is 5.92 Å². The highest BCUT2D eigenvalue weighted by Gasteiger charge is 2.38. The molecular weight excluding hydrogens is 226 g/mol. The lowest BCUT2D eigenvalue weighted by molar-refractivity contribution is -0.139. The van der Waals surface area contributed by atoms with Gasteiger partial charge < -0.3 is 10.2 Å². The molecule has 2 heterocycles. The third-order valence-corrected chi connectivity index (χ3v) is 3.93. The minimum absolute atomic E-state index is 0.0636. The lowest BCUT2D eigenvalue weighted by Crippen LogP contribution is -2.45. The normalized spacial score (nSPS) is 27.5. The highest BCUT2D eigenvalue weighted by atomic mass is 19.3. The number of carbonyl (C=O) groups excluding carboxylic acids is 1. The van der Waals surface area contributed by atoms with Gasteiger partial charge >= 0.3 is 0 Å². The summed E-state index contributed by atoms with van der Waals surface area (Å²) in [6.45, 7) is 3.59. The van der Waals surface area contributed by atoms with E-state index in [0.29, 0.717) is 25.9 Å². The highest BCUT2D eigenvalue weighted by Crippen LogP contribution is 2.33. The molecule has 0 aromatic heterocycles. The van der Waals surface area contributed by atoms with E-state index in [1.54, 1.807) is 4.90 Å². The summed E-state index contributed by atoms with van der Waals surface area (Å²) in [5.74, 6) is -2.96. The fourth-order valence-electron chi connectivity index (χ4n) is 2.73. The summed E-state index contributed by atoms with van der Waals surface area (Å²) < 4.78 is 26.2. The molecule has 0 saturated carbocycles. The molecule has 0 unspecified atom stereocenters. The third kappa shape index (κ3) is 2.94. The second kappa shape index (κ2) is 4.88. The van der Waals surface area contributed by atoms with Gasteiger partial charge in [0.1, 0.15) is 0 Å². The number of halogens is 2. The summed E-state index contributed by atoms with van der Waals surface area (Å²) in [7, 11) is 0. The molecule has 2 fully saturated rings. The van der Waals surface area contributed by atoms with Crippen molar-refractivity contribution in [3.8, 4) is 0 Å². The number of amides is 1. The van der Waals surface area contributed by atoms with Crippen molar-refractivity contribution in [2.24, 2.45) is 11.8 Å². The number of nitrogens with one attached hydrogen (secondary N) is 1. The molecule has 17 heavy (non-hydrogen) atoms. The maximum atomic E-state index is 13.1. The minimum atomic E-state index is -2.61. The maximum absolute atomic E-state index is 13.1. The molecule has 0 aliphatic carbocycles. The Labute approximate surface area is 101 Å². The van der Waals surface area contributed by atoms with Crippen molar-refractivity contribution >= 4 is 5.91 Å². The zero-order valence-corrected chi connectivity index (χ0v) is 10.2. The van der Waals surface area contributed by atoms with E-state index in [1.807, 2.05) is 0 Å².